The lowest BCUT2D eigenvalue weighted by atomic mass is 10.1. The summed E-state index contributed by atoms with van der Waals surface area (Å²) in [5, 5.41) is 2.96. The quantitative estimate of drug-likeness (QED) is 0.875. The van der Waals surface area contributed by atoms with E-state index < -0.39 is 0 Å². The largest absolute Gasteiger partial charge is 0.330 e. The summed E-state index contributed by atoms with van der Waals surface area (Å²) in [7, 11) is 0. The minimum Gasteiger partial charge on any atom is -0.330 e. The van der Waals surface area contributed by atoms with Gasteiger partial charge in [-0.1, -0.05) is 13.0 Å². The summed E-state index contributed by atoms with van der Waals surface area (Å²) in [6.45, 7) is 6.71. The fourth-order valence-electron chi connectivity index (χ4n) is 1.77. The number of carbonyl (C=O) groups is 1. The van der Waals surface area contributed by atoms with Crippen molar-refractivity contribution in [1.29, 1.82) is 0 Å². The number of aryl methyl sites for hydroxylation is 2. The summed E-state index contributed by atoms with van der Waals surface area (Å²) in [5.74, 6) is 0.432. The number of benzene rings is 1. The van der Waals surface area contributed by atoms with Crippen LogP contribution in [0.5, 0.6) is 0 Å². The van der Waals surface area contributed by atoms with Crippen molar-refractivity contribution in [3.05, 3.63) is 27.7 Å². The normalized spacial score (nSPS) is 12.3. The fraction of sp³-hybridized carbons (Fsp3) is 0.500. The second kappa shape index (κ2) is 6.90. The highest BCUT2D eigenvalue weighted by molar-refractivity contribution is 9.10. The molecule has 0 heterocycles. The number of halogens is 1. The van der Waals surface area contributed by atoms with Crippen molar-refractivity contribution in [3.63, 3.8) is 0 Å². The molecule has 3 nitrogen and oxygen atoms in total. The third kappa shape index (κ3) is 4.42. The number of amides is 1. The van der Waals surface area contributed by atoms with Gasteiger partial charge in [0.2, 0.25) is 5.91 Å². The average molecular weight is 313 g/mol. The maximum atomic E-state index is 11.8. The molecule has 1 rings (SSSR count). The van der Waals surface area contributed by atoms with Crippen LogP contribution in [0.25, 0.3) is 0 Å². The number of rotatable bonds is 5. The molecule has 0 spiro atoms. The van der Waals surface area contributed by atoms with Gasteiger partial charge in [0, 0.05) is 10.9 Å². The van der Waals surface area contributed by atoms with Crippen molar-refractivity contribution in [2.75, 3.05) is 11.9 Å². The van der Waals surface area contributed by atoms with E-state index in [1.54, 1.807) is 0 Å². The molecule has 0 aliphatic carbocycles. The maximum absolute atomic E-state index is 11.8. The van der Waals surface area contributed by atoms with Gasteiger partial charge in [0.05, 0.1) is 5.69 Å². The Kier molecular flexibility index (Phi) is 5.82. The number of carbonyl (C=O) groups excluding carboxylic acids is 1. The van der Waals surface area contributed by atoms with Crippen LogP contribution in [0, 0.1) is 19.8 Å². The fourth-order valence-corrected chi connectivity index (χ4v) is 2.54. The zero-order chi connectivity index (χ0) is 13.7. The molecule has 0 saturated heterocycles. The Morgan fingerprint density at radius 3 is 2.67 bits per heavy atom. The first kappa shape index (κ1) is 15.2. The van der Waals surface area contributed by atoms with E-state index in [0.717, 1.165) is 22.1 Å². The zero-order valence-electron chi connectivity index (χ0n) is 11.2. The van der Waals surface area contributed by atoms with Crippen LogP contribution < -0.4 is 11.1 Å². The van der Waals surface area contributed by atoms with E-state index in [2.05, 4.69) is 34.2 Å². The molecular formula is C14H21BrN2O. The van der Waals surface area contributed by atoms with Crippen molar-refractivity contribution in [1.82, 2.24) is 0 Å². The average Bonchev–Trinajstić information content (AvgIpc) is 2.30. The monoisotopic (exact) mass is 312 g/mol. The molecule has 1 atom stereocenters. The molecule has 0 saturated carbocycles. The van der Waals surface area contributed by atoms with Crippen LogP contribution in [0.4, 0.5) is 5.69 Å². The van der Waals surface area contributed by atoms with Gasteiger partial charge < -0.3 is 11.1 Å². The molecule has 0 aromatic heterocycles. The van der Waals surface area contributed by atoms with E-state index in [9.17, 15) is 4.79 Å². The van der Waals surface area contributed by atoms with Gasteiger partial charge in [-0.05, 0) is 65.9 Å². The molecule has 1 unspecified atom stereocenters. The highest BCUT2D eigenvalue weighted by Gasteiger charge is 2.10. The molecular weight excluding hydrogens is 292 g/mol. The molecule has 100 valence electrons. The third-order valence-electron chi connectivity index (χ3n) is 2.96. The summed E-state index contributed by atoms with van der Waals surface area (Å²) >= 11 is 3.49. The number of nitrogens with one attached hydrogen (secondary N) is 1. The zero-order valence-corrected chi connectivity index (χ0v) is 12.8. The maximum Gasteiger partial charge on any atom is 0.224 e. The van der Waals surface area contributed by atoms with Gasteiger partial charge in [0.1, 0.15) is 0 Å². The standard InChI is InChI=1S/C14H21BrN2O/c1-9(8-16)4-5-13(18)17-14-11(3)6-10(2)7-12(14)15/h6-7,9H,4-5,8,16H2,1-3H3,(H,17,18). The Hall–Kier alpha value is -0.870. The molecule has 18 heavy (non-hydrogen) atoms. The van der Waals surface area contributed by atoms with Crippen LogP contribution in [0.3, 0.4) is 0 Å². The van der Waals surface area contributed by atoms with Crippen LogP contribution in [-0.4, -0.2) is 12.5 Å². The van der Waals surface area contributed by atoms with E-state index in [0.29, 0.717) is 18.9 Å². The van der Waals surface area contributed by atoms with Gasteiger partial charge in [-0.25, -0.2) is 0 Å². The van der Waals surface area contributed by atoms with E-state index in [1.165, 1.54) is 5.56 Å². The van der Waals surface area contributed by atoms with Gasteiger partial charge in [0.25, 0.3) is 0 Å². The van der Waals surface area contributed by atoms with Gasteiger partial charge >= 0.3 is 0 Å². The minimum absolute atomic E-state index is 0.0444. The molecule has 1 aromatic carbocycles. The van der Waals surface area contributed by atoms with Crippen molar-refractivity contribution in [2.45, 2.75) is 33.6 Å². The molecule has 0 bridgehead atoms. The van der Waals surface area contributed by atoms with Crippen molar-refractivity contribution in [2.24, 2.45) is 11.7 Å². The minimum atomic E-state index is 0.0444. The second-order valence-corrected chi connectivity index (χ2v) is 5.72. The first-order valence-corrected chi connectivity index (χ1v) is 7.00. The molecule has 1 amide bonds. The van der Waals surface area contributed by atoms with E-state index in [-0.39, 0.29) is 5.91 Å². The lowest BCUT2D eigenvalue weighted by Gasteiger charge is -2.13. The van der Waals surface area contributed by atoms with Gasteiger partial charge in [-0.15, -0.1) is 0 Å². The summed E-state index contributed by atoms with van der Waals surface area (Å²) in [4.78, 5) is 11.8. The topological polar surface area (TPSA) is 55.1 Å². The highest BCUT2D eigenvalue weighted by atomic mass is 79.9. The summed E-state index contributed by atoms with van der Waals surface area (Å²) in [6, 6.07) is 4.06. The Bertz CT molecular complexity index is 409. The number of hydrogen-bond donors (Lipinski definition) is 2. The predicted octanol–water partition coefficient (Wildman–Crippen LogP) is 3.38. The van der Waals surface area contributed by atoms with Crippen LogP contribution in [0.1, 0.15) is 30.9 Å². The van der Waals surface area contributed by atoms with Gasteiger partial charge in [0.15, 0.2) is 0 Å². The first-order valence-electron chi connectivity index (χ1n) is 6.20. The second-order valence-electron chi connectivity index (χ2n) is 4.87. The van der Waals surface area contributed by atoms with Crippen LogP contribution in [0.15, 0.2) is 16.6 Å². The lowest BCUT2D eigenvalue weighted by molar-refractivity contribution is -0.116. The molecule has 0 radical (unpaired) electrons. The summed E-state index contributed by atoms with van der Waals surface area (Å²) < 4.78 is 0.931. The van der Waals surface area contributed by atoms with Crippen LogP contribution >= 0.6 is 15.9 Å². The van der Waals surface area contributed by atoms with E-state index in [1.807, 2.05) is 19.9 Å². The van der Waals surface area contributed by atoms with Crippen molar-refractivity contribution in [3.8, 4) is 0 Å². The van der Waals surface area contributed by atoms with Crippen LogP contribution in [-0.2, 0) is 4.79 Å². The third-order valence-corrected chi connectivity index (χ3v) is 3.59. The molecule has 4 heteroatoms. The summed E-state index contributed by atoms with van der Waals surface area (Å²) in [5.41, 5.74) is 8.65. The van der Waals surface area contributed by atoms with Gasteiger partial charge in [-0.2, -0.15) is 0 Å². The Morgan fingerprint density at radius 2 is 2.11 bits per heavy atom. The predicted molar refractivity (Wildman–Crippen MR) is 79.7 cm³/mol. The number of hydrogen-bond acceptors (Lipinski definition) is 2. The van der Waals surface area contributed by atoms with E-state index in [4.69, 9.17) is 5.73 Å². The highest BCUT2D eigenvalue weighted by Crippen LogP contribution is 2.28. The molecule has 0 aliphatic rings. The SMILES string of the molecule is Cc1cc(C)c(NC(=O)CCC(C)CN)c(Br)c1. The molecule has 0 fully saturated rings. The number of nitrogens with two attached hydrogens (primary N) is 1. The molecule has 3 N–H and O–H groups in total. The first-order chi connectivity index (χ1) is 8.43. The molecule has 0 aliphatic heterocycles. The Morgan fingerprint density at radius 1 is 1.44 bits per heavy atom. The van der Waals surface area contributed by atoms with Crippen molar-refractivity contribution < 1.29 is 4.79 Å². The Balaban J connectivity index is 2.65. The Labute approximate surface area is 117 Å². The van der Waals surface area contributed by atoms with E-state index >= 15 is 0 Å². The lowest BCUT2D eigenvalue weighted by Crippen LogP contribution is -2.17. The smallest absolute Gasteiger partial charge is 0.224 e. The van der Waals surface area contributed by atoms with Crippen LogP contribution in [0.2, 0.25) is 0 Å². The van der Waals surface area contributed by atoms with Crippen molar-refractivity contribution >= 4 is 27.5 Å². The summed E-state index contributed by atoms with van der Waals surface area (Å²) in [6.07, 6.45) is 1.34. The number of anilines is 1. The molecule has 1 aromatic rings. The van der Waals surface area contributed by atoms with Gasteiger partial charge in [-0.3, -0.25) is 4.79 Å².